The average molecular weight is 370 g/mol. The fourth-order valence-corrected chi connectivity index (χ4v) is 3.00. The van der Waals surface area contributed by atoms with Gasteiger partial charge < -0.3 is 4.90 Å². The number of nitrogens with zero attached hydrogens (tertiary/aromatic N) is 2. The minimum Gasteiger partial charge on any atom is -0.310 e. The largest absolute Gasteiger partial charge is 0.310 e. The van der Waals surface area contributed by atoms with Crippen LogP contribution in [0.1, 0.15) is 37.4 Å². The van der Waals surface area contributed by atoms with Crippen molar-refractivity contribution in [3.63, 3.8) is 0 Å². The highest BCUT2D eigenvalue weighted by Gasteiger charge is 2.23. The molecule has 26 heavy (non-hydrogen) atoms. The number of carbonyl (C=O) groups excluding carboxylic acids is 1. The first-order valence-corrected chi connectivity index (χ1v) is 9.06. The van der Waals surface area contributed by atoms with Crippen molar-refractivity contribution in [2.24, 2.45) is 0 Å². The van der Waals surface area contributed by atoms with Gasteiger partial charge in [-0.15, -0.1) is 0 Å². The minimum absolute atomic E-state index is 0.0246. The van der Waals surface area contributed by atoms with Crippen molar-refractivity contribution in [3.05, 3.63) is 64.7 Å². The molecule has 0 aliphatic heterocycles. The van der Waals surface area contributed by atoms with Crippen LogP contribution in [-0.2, 0) is 4.79 Å². The summed E-state index contributed by atoms with van der Waals surface area (Å²) in [4.78, 5) is 14.7. The maximum absolute atomic E-state index is 13.0. The Labute approximate surface area is 160 Å². The molecule has 2 rings (SSSR count). The van der Waals surface area contributed by atoms with Crippen molar-refractivity contribution in [3.8, 4) is 6.07 Å². The molecule has 0 saturated carbocycles. The van der Waals surface area contributed by atoms with Crippen LogP contribution in [-0.4, -0.2) is 18.5 Å². The second kappa shape index (κ2) is 9.38. The molecule has 0 aliphatic carbocycles. The summed E-state index contributed by atoms with van der Waals surface area (Å²) in [6.07, 6.45) is 0.288. The number of nitrogens with one attached hydrogen (secondary N) is 1. The first-order chi connectivity index (χ1) is 12.4. The first-order valence-electron chi connectivity index (χ1n) is 8.69. The molecule has 0 fully saturated rings. The minimum atomic E-state index is -0.399. The van der Waals surface area contributed by atoms with E-state index in [9.17, 15) is 4.79 Å². The summed E-state index contributed by atoms with van der Waals surface area (Å²) < 4.78 is 0. The van der Waals surface area contributed by atoms with E-state index in [1.54, 1.807) is 4.90 Å². The molecule has 136 valence electrons. The molecule has 2 unspecified atom stereocenters. The van der Waals surface area contributed by atoms with Crippen LogP contribution >= 0.6 is 11.6 Å². The summed E-state index contributed by atoms with van der Waals surface area (Å²) in [6, 6.07) is 17.1. The quantitative estimate of drug-likeness (QED) is 0.773. The maximum atomic E-state index is 13.0. The number of anilines is 1. The zero-order chi connectivity index (χ0) is 19.1. The van der Waals surface area contributed by atoms with Gasteiger partial charge in [-0.05, 0) is 50.6 Å². The summed E-state index contributed by atoms with van der Waals surface area (Å²) in [5.74, 6) is -0.0574. The predicted molar refractivity (Wildman–Crippen MR) is 106 cm³/mol. The van der Waals surface area contributed by atoms with Gasteiger partial charge in [0.1, 0.15) is 0 Å². The van der Waals surface area contributed by atoms with Crippen LogP contribution in [0.15, 0.2) is 48.5 Å². The lowest BCUT2D eigenvalue weighted by molar-refractivity contribution is -0.120. The first kappa shape index (κ1) is 20.0. The van der Waals surface area contributed by atoms with E-state index in [1.165, 1.54) is 0 Å². The van der Waals surface area contributed by atoms with Gasteiger partial charge in [0.15, 0.2) is 0 Å². The molecule has 0 heterocycles. The number of hydrogen-bond acceptors (Lipinski definition) is 3. The van der Waals surface area contributed by atoms with Crippen molar-refractivity contribution in [1.29, 1.82) is 5.26 Å². The molecule has 2 aromatic rings. The van der Waals surface area contributed by atoms with Crippen LogP contribution in [0.4, 0.5) is 5.69 Å². The monoisotopic (exact) mass is 369 g/mol. The Hall–Kier alpha value is -2.35. The Kier molecular flexibility index (Phi) is 7.20. The van der Waals surface area contributed by atoms with E-state index < -0.39 is 6.04 Å². The molecule has 0 bridgehead atoms. The van der Waals surface area contributed by atoms with Crippen LogP contribution in [0, 0.1) is 18.3 Å². The summed E-state index contributed by atoms with van der Waals surface area (Å²) in [5, 5.41) is 12.9. The van der Waals surface area contributed by atoms with Crippen molar-refractivity contribution >= 4 is 23.2 Å². The molecule has 1 N–H and O–H groups in total. The third-order valence-electron chi connectivity index (χ3n) is 4.28. The number of halogens is 1. The van der Waals surface area contributed by atoms with Gasteiger partial charge in [-0.2, -0.15) is 5.26 Å². The number of hydrogen-bond donors (Lipinski definition) is 1. The van der Waals surface area contributed by atoms with Gasteiger partial charge in [-0.3, -0.25) is 10.1 Å². The molecular formula is C21H24ClN3O. The van der Waals surface area contributed by atoms with E-state index in [2.05, 4.69) is 11.4 Å². The molecule has 5 heteroatoms. The van der Waals surface area contributed by atoms with Crippen molar-refractivity contribution in [1.82, 2.24) is 5.32 Å². The number of amides is 1. The zero-order valence-corrected chi connectivity index (χ0v) is 16.1. The molecular weight excluding hydrogens is 346 g/mol. The molecule has 0 spiro atoms. The molecule has 0 aliphatic rings. The van der Waals surface area contributed by atoms with Crippen LogP contribution in [0.25, 0.3) is 0 Å². The van der Waals surface area contributed by atoms with Gasteiger partial charge in [0.05, 0.1) is 18.5 Å². The Morgan fingerprint density at radius 1 is 1.23 bits per heavy atom. The third kappa shape index (κ3) is 5.32. The van der Waals surface area contributed by atoms with E-state index >= 15 is 0 Å². The van der Waals surface area contributed by atoms with Crippen LogP contribution in [0.2, 0.25) is 5.02 Å². The van der Waals surface area contributed by atoms with Crippen LogP contribution in [0.5, 0.6) is 0 Å². The Bertz CT molecular complexity index is 783. The van der Waals surface area contributed by atoms with Crippen molar-refractivity contribution in [2.75, 3.05) is 11.4 Å². The van der Waals surface area contributed by atoms with Crippen molar-refractivity contribution in [2.45, 2.75) is 39.3 Å². The molecule has 4 nitrogen and oxygen atoms in total. The second-order valence-corrected chi connectivity index (χ2v) is 6.84. The zero-order valence-electron chi connectivity index (χ0n) is 15.4. The van der Waals surface area contributed by atoms with E-state index in [1.807, 2.05) is 69.3 Å². The normalized spacial score (nSPS) is 12.9. The molecule has 1 amide bonds. The van der Waals surface area contributed by atoms with Gasteiger partial charge in [0.2, 0.25) is 5.91 Å². The number of benzene rings is 2. The van der Waals surface area contributed by atoms with Gasteiger partial charge in [-0.25, -0.2) is 0 Å². The number of carbonyl (C=O) groups is 1. The third-order valence-corrected chi connectivity index (χ3v) is 4.51. The smallest absolute Gasteiger partial charge is 0.243 e. The van der Waals surface area contributed by atoms with E-state index in [0.29, 0.717) is 11.6 Å². The van der Waals surface area contributed by atoms with Crippen LogP contribution < -0.4 is 10.2 Å². The molecule has 0 saturated heterocycles. The van der Waals surface area contributed by atoms with Gasteiger partial charge in [0.25, 0.3) is 0 Å². The Morgan fingerprint density at radius 2 is 1.92 bits per heavy atom. The maximum Gasteiger partial charge on any atom is 0.243 e. The van der Waals surface area contributed by atoms with Crippen LogP contribution in [0.3, 0.4) is 0 Å². The fraction of sp³-hybridized carbons (Fsp3) is 0.333. The molecule has 2 aromatic carbocycles. The number of rotatable bonds is 7. The van der Waals surface area contributed by atoms with Crippen molar-refractivity contribution < 1.29 is 4.79 Å². The van der Waals surface area contributed by atoms with Gasteiger partial charge >= 0.3 is 0 Å². The van der Waals surface area contributed by atoms with Gasteiger partial charge in [0, 0.05) is 23.3 Å². The second-order valence-electron chi connectivity index (χ2n) is 6.40. The summed E-state index contributed by atoms with van der Waals surface area (Å²) >= 11 is 6.05. The average Bonchev–Trinajstić information content (AvgIpc) is 2.63. The Balaban J connectivity index is 2.13. The lowest BCUT2D eigenvalue weighted by Crippen LogP contribution is -2.46. The highest BCUT2D eigenvalue weighted by atomic mass is 35.5. The highest BCUT2D eigenvalue weighted by Crippen LogP contribution is 2.20. The standard InChI is InChI=1S/C21H24ClN3O/c1-15-8-10-20(11-9-15)25(13-5-12-23)21(26)17(3)24-16(2)18-6-4-7-19(22)14-18/h4,6-11,14,16-17,24H,5,13H2,1-3H3. The van der Waals surface area contributed by atoms with E-state index in [4.69, 9.17) is 16.9 Å². The molecule has 2 atom stereocenters. The summed E-state index contributed by atoms with van der Waals surface area (Å²) in [5.41, 5.74) is 2.96. The lowest BCUT2D eigenvalue weighted by atomic mass is 10.1. The van der Waals surface area contributed by atoms with E-state index in [0.717, 1.165) is 16.8 Å². The lowest BCUT2D eigenvalue weighted by Gasteiger charge is -2.27. The number of nitriles is 1. The predicted octanol–water partition coefficient (Wildman–Crippen LogP) is 4.63. The van der Waals surface area contributed by atoms with Gasteiger partial charge in [-0.1, -0.05) is 41.4 Å². The molecule has 0 radical (unpaired) electrons. The SMILES string of the molecule is Cc1ccc(N(CCC#N)C(=O)C(C)NC(C)c2cccc(Cl)c2)cc1. The topological polar surface area (TPSA) is 56.1 Å². The Morgan fingerprint density at radius 3 is 2.54 bits per heavy atom. The summed E-state index contributed by atoms with van der Waals surface area (Å²) in [6.45, 7) is 6.22. The fourth-order valence-electron chi connectivity index (χ4n) is 2.81. The summed E-state index contributed by atoms with van der Waals surface area (Å²) in [7, 11) is 0. The molecule has 0 aromatic heterocycles. The highest BCUT2D eigenvalue weighted by molar-refractivity contribution is 6.30. The van der Waals surface area contributed by atoms with E-state index in [-0.39, 0.29) is 18.4 Å². The number of aryl methyl sites for hydroxylation is 1.